The lowest BCUT2D eigenvalue weighted by Gasteiger charge is -2.03. The van der Waals surface area contributed by atoms with Gasteiger partial charge in [0.1, 0.15) is 0 Å². The summed E-state index contributed by atoms with van der Waals surface area (Å²) in [6.07, 6.45) is 0. The van der Waals surface area contributed by atoms with Crippen LogP contribution in [-0.2, 0) is 0 Å². The van der Waals surface area contributed by atoms with Gasteiger partial charge < -0.3 is 20.4 Å². The molecular weight excluding hydrogens is 348 g/mol. The molecule has 0 aromatic heterocycles. The third-order valence-electron chi connectivity index (χ3n) is 3.21. The largest absolute Gasteiger partial charge is 0.478 e. The Morgan fingerprint density at radius 2 is 0.846 bits per heavy atom. The molecule has 0 amide bonds. The number of azo groups is 1. The van der Waals surface area contributed by atoms with Gasteiger partial charge in [0.15, 0.2) is 0 Å². The zero-order valence-electron chi connectivity index (χ0n) is 12.8. The molecule has 0 unspecified atom stereocenters. The summed E-state index contributed by atoms with van der Waals surface area (Å²) in [5.41, 5.74) is -1.77. The summed E-state index contributed by atoms with van der Waals surface area (Å²) < 4.78 is 0. The van der Waals surface area contributed by atoms with E-state index in [9.17, 15) is 19.2 Å². The third-order valence-corrected chi connectivity index (χ3v) is 3.21. The lowest BCUT2D eigenvalue weighted by atomic mass is 10.1. The van der Waals surface area contributed by atoms with Crippen molar-refractivity contribution in [2.45, 2.75) is 0 Å². The minimum atomic E-state index is -1.46. The number of carbonyl (C=O) groups is 4. The highest BCUT2D eigenvalue weighted by molar-refractivity contribution is 6.03. The second kappa shape index (κ2) is 7.21. The summed E-state index contributed by atoms with van der Waals surface area (Å²) in [6, 6.07) is 6.55. The van der Waals surface area contributed by atoms with E-state index in [4.69, 9.17) is 20.4 Å². The highest BCUT2D eigenvalue weighted by atomic mass is 16.4. The van der Waals surface area contributed by atoms with Crippen molar-refractivity contribution >= 4 is 35.3 Å². The van der Waals surface area contributed by atoms with Crippen molar-refractivity contribution in [3.05, 3.63) is 58.7 Å². The maximum Gasteiger partial charge on any atom is 0.336 e. The summed E-state index contributed by atoms with van der Waals surface area (Å²) in [7, 11) is 0. The van der Waals surface area contributed by atoms with Gasteiger partial charge in [-0.15, -0.1) is 0 Å². The number of carboxylic acid groups (broad SMARTS) is 4. The van der Waals surface area contributed by atoms with Gasteiger partial charge in [0.25, 0.3) is 0 Å². The quantitative estimate of drug-likeness (QED) is 0.570. The smallest absolute Gasteiger partial charge is 0.336 e. The van der Waals surface area contributed by atoms with E-state index in [0.29, 0.717) is 0 Å². The summed E-state index contributed by atoms with van der Waals surface area (Å²) in [5, 5.41) is 43.4. The maximum absolute atomic E-state index is 11.1. The molecule has 10 heteroatoms. The number of nitrogens with zero attached hydrogens (tertiary/aromatic N) is 2. The Hall–Kier alpha value is -4.08. The van der Waals surface area contributed by atoms with E-state index in [1.54, 1.807) is 0 Å². The van der Waals surface area contributed by atoms with Gasteiger partial charge in [-0.2, -0.15) is 10.2 Å². The third kappa shape index (κ3) is 3.87. The van der Waals surface area contributed by atoms with Gasteiger partial charge in [0, 0.05) is 0 Å². The van der Waals surface area contributed by atoms with E-state index in [2.05, 4.69) is 10.2 Å². The first-order valence-electron chi connectivity index (χ1n) is 6.83. The molecule has 0 spiro atoms. The second-order valence-electron chi connectivity index (χ2n) is 4.88. The van der Waals surface area contributed by atoms with Gasteiger partial charge in [-0.25, -0.2) is 19.2 Å². The molecule has 0 aliphatic heterocycles. The predicted molar refractivity (Wildman–Crippen MR) is 84.9 cm³/mol. The van der Waals surface area contributed by atoms with Crippen LogP contribution in [0.3, 0.4) is 0 Å². The number of rotatable bonds is 6. The Kier molecular flexibility index (Phi) is 5.07. The monoisotopic (exact) mass is 358 g/mol. The molecule has 0 bridgehead atoms. The molecule has 0 radical (unpaired) electrons. The Morgan fingerprint density at radius 3 is 1.12 bits per heavy atom. The summed E-state index contributed by atoms with van der Waals surface area (Å²) in [4.78, 5) is 44.2. The van der Waals surface area contributed by atoms with E-state index in [0.717, 1.165) is 24.3 Å². The highest BCUT2D eigenvalue weighted by Gasteiger charge is 2.17. The molecule has 2 aromatic rings. The molecule has 0 aliphatic rings. The average molecular weight is 358 g/mol. The zero-order chi connectivity index (χ0) is 19.4. The molecule has 132 valence electrons. The Morgan fingerprint density at radius 1 is 0.538 bits per heavy atom. The van der Waals surface area contributed by atoms with E-state index in [1.807, 2.05) is 0 Å². The van der Waals surface area contributed by atoms with Crippen LogP contribution < -0.4 is 0 Å². The SMILES string of the molecule is O=C(O)c1ccc(N=Nc2ccc(C(=O)O)c(C(=O)O)c2)cc1C(=O)O. The molecule has 0 aliphatic carbocycles. The number of hydrogen-bond acceptors (Lipinski definition) is 6. The number of hydrogen-bond donors (Lipinski definition) is 4. The van der Waals surface area contributed by atoms with Crippen molar-refractivity contribution in [1.29, 1.82) is 0 Å². The number of benzene rings is 2. The highest BCUT2D eigenvalue weighted by Crippen LogP contribution is 2.24. The molecule has 0 fully saturated rings. The van der Waals surface area contributed by atoms with Crippen LogP contribution in [0.2, 0.25) is 0 Å². The van der Waals surface area contributed by atoms with E-state index in [1.165, 1.54) is 12.1 Å². The van der Waals surface area contributed by atoms with E-state index < -0.39 is 46.1 Å². The van der Waals surface area contributed by atoms with Crippen molar-refractivity contribution in [2.24, 2.45) is 10.2 Å². The van der Waals surface area contributed by atoms with Crippen LogP contribution in [0.25, 0.3) is 0 Å². The normalized spacial score (nSPS) is 10.6. The molecule has 10 nitrogen and oxygen atoms in total. The molecule has 0 saturated heterocycles. The fourth-order valence-corrected chi connectivity index (χ4v) is 2.03. The standard InChI is InChI=1S/C16H10N2O8/c19-13(20)9-3-1-7(5-11(9)15(23)24)17-18-8-2-4-10(14(21)22)12(6-8)16(25)26/h1-6H,(H,19,20)(H,21,22)(H,23,24)(H,25,26). The minimum Gasteiger partial charge on any atom is -0.478 e. The molecule has 0 heterocycles. The van der Waals surface area contributed by atoms with Crippen LogP contribution in [0, 0.1) is 0 Å². The Labute approximate surface area is 144 Å². The van der Waals surface area contributed by atoms with Crippen LogP contribution in [0.1, 0.15) is 41.4 Å². The molecule has 0 atom stereocenters. The van der Waals surface area contributed by atoms with Gasteiger partial charge in [0.2, 0.25) is 0 Å². The van der Waals surface area contributed by atoms with Crippen molar-refractivity contribution in [3.63, 3.8) is 0 Å². The molecule has 2 rings (SSSR count). The summed E-state index contributed by atoms with van der Waals surface area (Å²) in [5.74, 6) is -5.75. The summed E-state index contributed by atoms with van der Waals surface area (Å²) >= 11 is 0. The molecule has 2 aromatic carbocycles. The second-order valence-corrected chi connectivity index (χ2v) is 4.88. The van der Waals surface area contributed by atoms with Crippen LogP contribution in [0.15, 0.2) is 46.6 Å². The van der Waals surface area contributed by atoms with Crippen LogP contribution in [-0.4, -0.2) is 44.3 Å². The van der Waals surface area contributed by atoms with Gasteiger partial charge in [0.05, 0.1) is 33.6 Å². The Bertz CT molecular complexity index is 887. The molecule has 4 N–H and O–H groups in total. The van der Waals surface area contributed by atoms with Gasteiger partial charge in [-0.05, 0) is 36.4 Å². The van der Waals surface area contributed by atoms with Gasteiger partial charge in [-0.1, -0.05) is 0 Å². The predicted octanol–water partition coefficient (Wildman–Crippen LogP) is 2.89. The van der Waals surface area contributed by atoms with Crippen LogP contribution in [0.5, 0.6) is 0 Å². The van der Waals surface area contributed by atoms with Crippen LogP contribution in [0.4, 0.5) is 11.4 Å². The lowest BCUT2D eigenvalue weighted by molar-refractivity contribution is 0.0651. The summed E-state index contributed by atoms with van der Waals surface area (Å²) in [6.45, 7) is 0. The number of carboxylic acids is 4. The first kappa shape index (κ1) is 18.3. The van der Waals surface area contributed by atoms with Gasteiger partial charge in [-0.3, -0.25) is 0 Å². The number of aromatic carboxylic acids is 4. The van der Waals surface area contributed by atoms with Crippen molar-refractivity contribution < 1.29 is 39.6 Å². The van der Waals surface area contributed by atoms with Crippen molar-refractivity contribution in [3.8, 4) is 0 Å². The fraction of sp³-hybridized carbons (Fsp3) is 0. The maximum atomic E-state index is 11.1. The topological polar surface area (TPSA) is 174 Å². The van der Waals surface area contributed by atoms with Crippen molar-refractivity contribution in [2.75, 3.05) is 0 Å². The fourth-order valence-electron chi connectivity index (χ4n) is 2.03. The first-order chi connectivity index (χ1) is 12.2. The van der Waals surface area contributed by atoms with E-state index >= 15 is 0 Å². The Balaban J connectivity index is 2.41. The average Bonchev–Trinajstić information content (AvgIpc) is 2.59. The zero-order valence-corrected chi connectivity index (χ0v) is 12.8. The molecule has 26 heavy (non-hydrogen) atoms. The molecular formula is C16H10N2O8. The first-order valence-corrected chi connectivity index (χ1v) is 6.83. The van der Waals surface area contributed by atoms with Crippen molar-refractivity contribution in [1.82, 2.24) is 0 Å². The minimum absolute atomic E-state index is 0.0200. The van der Waals surface area contributed by atoms with Crippen LogP contribution >= 0.6 is 0 Å². The van der Waals surface area contributed by atoms with E-state index in [-0.39, 0.29) is 11.4 Å². The lowest BCUT2D eigenvalue weighted by Crippen LogP contribution is -2.07. The molecule has 0 saturated carbocycles. The van der Waals surface area contributed by atoms with Gasteiger partial charge >= 0.3 is 23.9 Å².